The van der Waals surface area contributed by atoms with Crippen LogP contribution in [0.5, 0.6) is 17.2 Å². The summed E-state index contributed by atoms with van der Waals surface area (Å²) in [5, 5.41) is 2.93. The lowest BCUT2D eigenvalue weighted by molar-refractivity contribution is 0.0953. The number of aromatic nitrogens is 2. The summed E-state index contributed by atoms with van der Waals surface area (Å²) >= 11 is 1.16. The fraction of sp³-hybridized carbons (Fsp3) is 0.286. The number of nitrogens with one attached hydrogen (secondary N) is 1. The van der Waals surface area contributed by atoms with Crippen molar-refractivity contribution < 1.29 is 19.0 Å². The molecule has 152 valence electrons. The van der Waals surface area contributed by atoms with Gasteiger partial charge in [-0.05, 0) is 49.2 Å². The molecule has 1 N–H and O–H groups in total. The second kappa shape index (κ2) is 9.88. The van der Waals surface area contributed by atoms with Crippen LogP contribution in [0.25, 0.3) is 0 Å². The number of methoxy groups -OCH3 is 2. The van der Waals surface area contributed by atoms with Crippen molar-refractivity contribution in [2.45, 2.75) is 20.0 Å². The van der Waals surface area contributed by atoms with Gasteiger partial charge >= 0.3 is 0 Å². The predicted molar refractivity (Wildman–Crippen MR) is 111 cm³/mol. The summed E-state index contributed by atoms with van der Waals surface area (Å²) in [6, 6.07) is 12.8. The minimum absolute atomic E-state index is 0.151. The Morgan fingerprint density at radius 2 is 1.90 bits per heavy atom. The van der Waals surface area contributed by atoms with Gasteiger partial charge in [-0.15, -0.1) is 0 Å². The molecule has 0 aliphatic heterocycles. The monoisotopic (exact) mass is 413 g/mol. The van der Waals surface area contributed by atoms with E-state index in [0.29, 0.717) is 42.4 Å². The number of nitrogens with zero attached hydrogens (tertiary/aromatic N) is 2. The first kappa shape index (κ1) is 20.6. The molecular formula is C21H23N3O4S. The largest absolute Gasteiger partial charge is 0.493 e. The Kier molecular flexibility index (Phi) is 7.02. The Bertz CT molecular complexity index is 974. The third kappa shape index (κ3) is 5.45. The number of amides is 1. The van der Waals surface area contributed by atoms with Gasteiger partial charge in [0.15, 0.2) is 11.5 Å². The Morgan fingerprint density at radius 3 is 2.62 bits per heavy atom. The summed E-state index contributed by atoms with van der Waals surface area (Å²) in [5.74, 6) is 1.82. The summed E-state index contributed by atoms with van der Waals surface area (Å²) in [5.41, 5.74) is 3.26. The van der Waals surface area contributed by atoms with Gasteiger partial charge in [-0.25, -0.2) is 0 Å². The molecule has 1 amide bonds. The highest BCUT2D eigenvalue weighted by Gasteiger charge is 2.09. The highest BCUT2D eigenvalue weighted by atomic mass is 32.1. The molecule has 0 bridgehead atoms. The van der Waals surface area contributed by atoms with Gasteiger partial charge in [0.25, 0.3) is 5.91 Å². The molecule has 0 aliphatic rings. The number of aryl methyl sites for hydroxylation is 1. The highest BCUT2D eigenvalue weighted by molar-refractivity contribution is 6.99. The van der Waals surface area contributed by atoms with Crippen molar-refractivity contribution in [3.05, 3.63) is 65.0 Å². The van der Waals surface area contributed by atoms with Crippen molar-refractivity contribution in [2.75, 3.05) is 20.8 Å². The van der Waals surface area contributed by atoms with Gasteiger partial charge in [0, 0.05) is 12.1 Å². The fourth-order valence-electron chi connectivity index (χ4n) is 2.72. The van der Waals surface area contributed by atoms with Crippen LogP contribution in [0.4, 0.5) is 0 Å². The summed E-state index contributed by atoms with van der Waals surface area (Å²) in [4.78, 5) is 12.5. The van der Waals surface area contributed by atoms with Gasteiger partial charge in [0.1, 0.15) is 18.1 Å². The van der Waals surface area contributed by atoms with Crippen molar-refractivity contribution in [1.82, 2.24) is 14.1 Å². The molecule has 0 saturated carbocycles. The zero-order valence-corrected chi connectivity index (χ0v) is 17.4. The maximum atomic E-state index is 12.5. The van der Waals surface area contributed by atoms with Crippen LogP contribution >= 0.6 is 11.7 Å². The third-order valence-electron chi connectivity index (χ3n) is 4.37. The second-order valence-electron chi connectivity index (χ2n) is 6.31. The van der Waals surface area contributed by atoms with Crippen molar-refractivity contribution in [3.8, 4) is 17.2 Å². The smallest absolute Gasteiger partial charge is 0.251 e. The van der Waals surface area contributed by atoms with Gasteiger partial charge in [0.2, 0.25) is 0 Å². The number of rotatable bonds is 9. The number of benzene rings is 2. The molecule has 0 radical (unpaired) electrons. The molecule has 8 heteroatoms. The lowest BCUT2D eigenvalue weighted by Crippen LogP contribution is -2.25. The number of hydrogen-bond acceptors (Lipinski definition) is 7. The quantitative estimate of drug-likeness (QED) is 0.579. The van der Waals surface area contributed by atoms with Crippen LogP contribution in [0.15, 0.2) is 42.5 Å². The minimum Gasteiger partial charge on any atom is -0.493 e. The zero-order chi connectivity index (χ0) is 20.6. The maximum absolute atomic E-state index is 12.5. The second-order valence-corrected chi connectivity index (χ2v) is 6.84. The summed E-state index contributed by atoms with van der Waals surface area (Å²) in [6.07, 6.45) is 0.679. The molecule has 0 fully saturated rings. The van der Waals surface area contributed by atoms with Gasteiger partial charge in [0.05, 0.1) is 31.6 Å². The minimum atomic E-state index is -0.151. The van der Waals surface area contributed by atoms with Crippen LogP contribution in [-0.2, 0) is 13.0 Å². The van der Waals surface area contributed by atoms with Gasteiger partial charge in [-0.3, -0.25) is 4.79 Å². The first-order valence-corrected chi connectivity index (χ1v) is 9.83. The van der Waals surface area contributed by atoms with Crippen molar-refractivity contribution >= 4 is 17.6 Å². The molecule has 1 aromatic heterocycles. The molecule has 0 aliphatic carbocycles. The predicted octanol–water partition coefficient (Wildman–Crippen LogP) is 3.42. The van der Waals surface area contributed by atoms with Gasteiger partial charge in [-0.2, -0.15) is 8.75 Å². The zero-order valence-electron chi connectivity index (χ0n) is 16.6. The van der Waals surface area contributed by atoms with Gasteiger partial charge < -0.3 is 19.5 Å². The van der Waals surface area contributed by atoms with Crippen LogP contribution in [0.1, 0.15) is 27.3 Å². The first-order chi connectivity index (χ1) is 14.1. The lowest BCUT2D eigenvalue weighted by Gasteiger charge is -2.10. The van der Waals surface area contributed by atoms with Crippen LogP contribution in [0.3, 0.4) is 0 Å². The van der Waals surface area contributed by atoms with Crippen LogP contribution in [0, 0.1) is 6.92 Å². The molecule has 7 nitrogen and oxygen atoms in total. The van der Waals surface area contributed by atoms with Crippen LogP contribution in [0.2, 0.25) is 0 Å². The first-order valence-electron chi connectivity index (χ1n) is 9.10. The van der Waals surface area contributed by atoms with E-state index in [2.05, 4.69) is 14.1 Å². The molecular weight excluding hydrogens is 390 g/mol. The molecule has 1 heterocycles. The number of ether oxygens (including phenoxy) is 3. The van der Waals surface area contributed by atoms with Gasteiger partial charge in [-0.1, -0.05) is 12.1 Å². The van der Waals surface area contributed by atoms with E-state index < -0.39 is 0 Å². The van der Waals surface area contributed by atoms with Crippen molar-refractivity contribution in [1.29, 1.82) is 0 Å². The highest BCUT2D eigenvalue weighted by Crippen LogP contribution is 2.27. The molecule has 0 atom stereocenters. The van der Waals surface area contributed by atoms with E-state index in [9.17, 15) is 4.79 Å². The maximum Gasteiger partial charge on any atom is 0.251 e. The van der Waals surface area contributed by atoms with E-state index in [4.69, 9.17) is 14.2 Å². The Morgan fingerprint density at radius 1 is 1.07 bits per heavy atom. The van der Waals surface area contributed by atoms with E-state index in [1.54, 1.807) is 32.4 Å². The SMILES string of the molecule is COc1ccc(CCNC(=O)c2cccc(OCc3nsnc3C)c2)cc1OC. The molecule has 0 unspecified atom stereocenters. The van der Waals surface area contributed by atoms with Crippen LogP contribution in [-0.4, -0.2) is 35.4 Å². The lowest BCUT2D eigenvalue weighted by atomic mass is 10.1. The van der Waals surface area contributed by atoms with E-state index in [1.165, 1.54) is 0 Å². The topological polar surface area (TPSA) is 82.6 Å². The van der Waals surface area contributed by atoms with Crippen LogP contribution < -0.4 is 19.5 Å². The average Bonchev–Trinajstić information content (AvgIpc) is 3.17. The summed E-state index contributed by atoms with van der Waals surface area (Å²) < 4.78 is 24.6. The molecule has 0 spiro atoms. The standard InChI is InChI=1S/C21H23N3O4S/c1-14-18(24-29-23-14)13-28-17-6-4-5-16(12-17)21(25)22-10-9-15-7-8-19(26-2)20(11-15)27-3/h4-8,11-12H,9-10,13H2,1-3H3,(H,22,25). The Labute approximate surface area is 174 Å². The number of carbonyl (C=O) groups is 1. The molecule has 3 rings (SSSR count). The normalized spacial score (nSPS) is 10.4. The van der Waals surface area contributed by atoms with E-state index in [-0.39, 0.29) is 5.91 Å². The average molecular weight is 413 g/mol. The van der Waals surface area contributed by atoms with Crippen molar-refractivity contribution in [2.24, 2.45) is 0 Å². The fourth-order valence-corrected chi connectivity index (χ4v) is 3.27. The summed E-state index contributed by atoms with van der Waals surface area (Å²) in [7, 11) is 3.20. The summed E-state index contributed by atoms with van der Waals surface area (Å²) in [6.45, 7) is 2.72. The van der Waals surface area contributed by atoms with E-state index in [0.717, 1.165) is 28.7 Å². The molecule has 3 aromatic rings. The number of hydrogen-bond donors (Lipinski definition) is 1. The van der Waals surface area contributed by atoms with Crippen molar-refractivity contribution in [3.63, 3.8) is 0 Å². The molecule has 0 saturated heterocycles. The Balaban J connectivity index is 1.53. The van der Waals surface area contributed by atoms with E-state index >= 15 is 0 Å². The third-order valence-corrected chi connectivity index (χ3v) is 5.02. The van der Waals surface area contributed by atoms with E-state index in [1.807, 2.05) is 31.2 Å². The molecule has 2 aromatic carbocycles. The number of carbonyl (C=O) groups excluding carboxylic acids is 1. The molecule has 29 heavy (non-hydrogen) atoms. The Hall–Kier alpha value is -3.13.